The standard InChI is InChI=1S/C7H5BrF2OS/c8-6-2-1-4(12-6)3-5(11)7(9)10/h1-2,7H,3H2. The molecule has 1 heterocycles. The summed E-state index contributed by atoms with van der Waals surface area (Å²) in [6.07, 6.45) is -3.03. The van der Waals surface area contributed by atoms with Crippen LogP contribution in [-0.4, -0.2) is 12.2 Å². The third kappa shape index (κ3) is 2.64. The molecule has 1 aromatic rings. The van der Waals surface area contributed by atoms with Crippen molar-refractivity contribution in [2.24, 2.45) is 0 Å². The first-order chi connectivity index (χ1) is 5.59. The molecule has 0 bridgehead atoms. The summed E-state index contributed by atoms with van der Waals surface area (Å²) < 4.78 is 24.4. The normalized spacial score (nSPS) is 10.7. The molecule has 0 spiro atoms. The van der Waals surface area contributed by atoms with Crippen molar-refractivity contribution in [1.29, 1.82) is 0 Å². The molecule has 0 saturated heterocycles. The van der Waals surface area contributed by atoms with Crippen LogP contribution in [0.2, 0.25) is 0 Å². The van der Waals surface area contributed by atoms with E-state index in [1.807, 2.05) is 0 Å². The lowest BCUT2D eigenvalue weighted by atomic mass is 10.2. The topological polar surface area (TPSA) is 17.1 Å². The molecule has 12 heavy (non-hydrogen) atoms. The van der Waals surface area contributed by atoms with Crippen LogP contribution in [-0.2, 0) is 11.2 Å². The van der Waals surface area contributed by atoms with Gasteiger partial charge in [0.05, 0.1) is 3.79 Å². The molecule has 0 amide bonds. The van der Waals surface area contributed by atoms with E-state index in [9.17, 15) is 13.6 Å². The van der Waals surface area contributed by atoms with Gasteiger partial charge in [0.2, 0.25) is 5.78 Å². The van der Waals surface area contributed by atoms with Crippen molar-refractivity contribution in [1.82, 2.24) is 0 Å². The van der Waals surface area contributed by atoms with Gasteiger partial charge in [0, 0.05) is 11.3 Å². The molecule has 0 radical (unpaired) electrons. The number of carbonyl (C=O) groups excluding carboxylic acids is 1. The Kier molecular flexibility index (Phi) is 3.34. The fraction of sp³-hybridized carbons (Fsp3) is 0.286. The van der Waals surface area contributed by atoms with Crippen LogP contribution in [0, 0.1) is 0 Å². The second-order valence-corrected chi connectivity index (χ2v) is 4.70. The quantitative estimate of drug-likeness (QED) is 0.811. The second-order valence-electron chi connectivity index (χ2n) is 2.15. The van der Waals surface area contributed by atoms with Crippen LogP contribution in [0.5, 0.6) is 0 Å². The van der Waals surface area contributed by atoms with Gasteiger partial charge in [-0.3, -0.25) is 4.79 Å². The van der Waals surface area contributed by atoms with Crippen LogP contribution in [0.1, 0.15) is 4.88 Å². The minimum atomic E-state index is -2.86. The predicted octanol–water partition coefficient (Wildman–Crippen LogP) is 2.89. The molecule has 0 aromatic carbocycles. The van der Waals surface area contributed by atoms with Crippen molar-refractivity contribution in [3.63, 3.8) is 0 Å². The van der Waals surface area contributed by atoms with Gasteiger partial charge in [-0.2, -0.15) is 0 Å². The fourth-order valence-corrected chi connectivity index (χ4v) is 2.19. The molecular formula is C7H5BrF2OS. The summed E-state index contributed by atoms with van der Waals surface area (Å²) in [5.74, 6) is -1.02. The van der Waals surface area contributed by atoms with E-state index in [1.54, 1.807) is 12.1 Å². The van der Waals surface area contributed by atoms with E-state index in [2.05, 4.69) is 15.9 Å². The molecule has 1 nitrogen and oxygen atoms in total. The average Bonchev–Trinajstić information content (AvgIpc) is 2.35. The number of alkyl halides is 2. The molecule has 66 valence electrons. The lowest BCUT2D eigenvalue weighted by molar-refractivity contribution is -0.128. The van der Waals surface area contributed by atoms with Crippen LogP contribution in [0.15, 0.2) is 15.9 Å². The van der Waals surface area contributed by atoms with Crippen molar-refractivity contribution in [2.45, 2.75) is 12.8 Å². The largest absolute Gasteiger partial charge is 0.296 e. The van der Waals surface area contributed by atoms with Crippen LogP contribution >= 0.6 is 27.3 Å². The Bertz CT molecular complexity index is 285. The number of carbonyl (C=O) groups is 1. The molecule has 0 atom stereocenters. The van der Waals surface area contributed by atoms with Gasteiger partial charge in [-0.05, 0) is 28.1 Å². The van der Waals surface area contributed by atoms with Gasteiger partial charge in [-0.1, -0.05) is 0 Å². The zero-order valence-electron chi connectivity index (χ0n) is 5.89. The Balaban J connectivity index is 2.58. The monoisotopic (exact) mass is 254 g/mol. The maximum atomic E-state index is 11.8. The van der Waals surface area contributed by atoms with Crippen molar-refractivity contribution in [3.05, 3.63) is 20.8 Å². The summed E-state index contributed by atoms with van der Waals surface area (Å²) in [7, 11) is 0. The molecule has 5 heteroatoms. The number of thiophene rings is 1. The SMILES string of the molecule is O=C(Cc1ccc(Br)s1)C(F)F. The molecular weight excluding hydrogens is 250 g/mol. The van der Waals surface area contributed by atoms with Gasteiger partial charge in [-0.15, -0.1) is 11.3 Å². The molecule has 0 aliphatic carbocycles. The van der Waals surface area contributed by atoms with E-state index in [0.29, 0.717) is 4.88 Å². The molecule has 1 aromatic heterocycles. The zero-order valence-corrected chi connectivity index (χ0v) is 8.29. The van der Waals surface area contributed by atoms with Gasteiger partial charge in [0.1, 0.15) is 0 Å². The maximum absolute atomic E-state index is 11.8. The lowest BCUT2D eigenvalue weighted by Crippen LogP contribution is -2.11. The van der Waals surface area contributed by atoms with E-state index < -0.39 is 12.2 Å². The van der Waals surface area contributed by atoms with Crippen LogP contribution in [0.25, 0.3) is 0 Å². The van der Waals surface area contributed by atoms with Crippen LogP contribution in [0.4, 0.5) is 8.78 Å². The highest BCUT2D eigenvalue weighted by atomic mass is 79.9. The summed E-state index contributed by atoms with van der Waals surface area (Å²) in [6.45, 7) is 0. The molecule has 0 saturated carbocycles. The number of Topliss-reactive ketones (excluding diaryl/α,β-unsaturated/α-hetero) is 1. The first kappa shape index (κ1) is 9.80. The van der Waals surface area contributed by atoms with Gasteiger partial charge >= 0.3 is 0 Å². The summed E-state index contributed by atoms with van der Waals surface area (Å²) in [5.41, 5.74) is 0. The smallest absolute Gasteiger partial charge is 0.293 e. The summed E-state index contributed by atoms with van der Waals surface area (Å²) in [6, 6.07) is 3.40. The van der Waals surface area contributed by atoms with Gasteiger partial charge in [0.25, 0.3) is 6.43 Å². The lowest BCUT2D eigenvalue weighted by Gasteiger charge is -1.94. The Morgan fingerprint density at radius 1 is 1.58 bits per heavy atom. The minimum Gasteiger partial charge on any atom is -0.293 e. The molecule has 1 rings (SSSR count). The van der Waals surface area contributed by atoms with E-state index in [4.69, 9.17) is 0 Å². The Hall–Kier alpha value is -0.290. The number of hydrogen-bond acceptors (Lipinski definition) is 2. The van der Waals surface area contributed by atoms with Crippen molar-refractivity contribution in [3.8, 4) is 0 Å². The summed E-state index contributed by atoms with van der Waals surface area (Å²) >= 11 is 4.47. The highest BCUT2D eigenvalue weighted by molar-refractivity contribution is 9.11. The first-order valence-corrected chi connectivity index (χ1v) is 4.75. The van der Waals surface area contributed by atoms with Gasteiger partial charge in [-0.25, -0.2) is 8.78 Å². The van der Waals surface area contributed by atoms with Gasteiger partial charge in [0.15, 0.2) is 0 Å². The molecule has 0 aliphatic rings. The molecule has 0 aliphatic heterocycles. The highest BCUT2D eigenvalue weighted by Gasteiger charge is 2.16. The number of hydrogen-bond donors (Lipinski definition) is 0. The third-order valence-electron chi connectivity index (χ3n) is 1.22. The highest BCUT2D eigenvalue weighted by Crippen LogP contribution is 2.22. The second kappa shape index (κ2) is 4.09. The van der Waals surface area contributed by atoms with Gasteiger partial charge < -0.3 is 0 Å². The maximum Gasteiger partial charge on any atom is 0.296 e. The predicted molar refractivity (Wildman–Crippen MR) is 46.7 cm³/mol. The number of rotatable bonds is 3. The molecule has 0 unspecified atom stereocenters. The summed E-state index contributed by atoms with van der Waals surface area (Å²) in [5, 5.41) is 0. The van der Waals surface area contributed by atoms with E-state index in [-0.39, 0.29) is 6.42 Å². The minimum absolute atomic E-state index is 0.173. The number of halogens is 3. The van der Waals surface area contributed by atoms with Crippen LogP contribution < -0.4 is 0 Å². The third-order valence-corrected chi connectivity index (χ3v) is 2.84. The van der Waals surface area contributed by atoms with Crippen molar-refractivity contribution < 1.29 is 13.6 Å². The van der Waals surface area contributed by atoms with E-state index in [1.165, 1.54) is 11.3 Å². The molecule has 0 N–H and O–H groups in total. The zero-order chi connectivity index (χ0) is 9.14. The Morgan fingerprint density at radius 3 is 2.67 bits per heavy atom. The van der Waals surface area contributed by atoms with E-state index >= 15 is 0 Å². The van der Waals surface area contributed by atoms with E-state index in [0.717, 1.165) is 3.79 Å². The van der Waals surface area contributed by atoms with Crippen LogP contribution in [0.3, 0.4) is 0 Å². The number of ketones is 1. The first-order valence-electron chi connectivity index (χ1n) is 3.14. The Labute approximate surface area is 80.5 Å². The average molecular weight is 255 g/mol. The molecule has 0 fully saturated rings. The Morgan fingerprint density at radius 2 is 2.25 bits per heavy atom. The summed E-state index contributed by atoms with van der Waals surface area (Å²) in [4.78, 5) is 11.2. The van der Waals surface area contributed by atoms with Crippen molar-refractivity contribution >= 4 is 33.0 Å². The van der Waals surface area contributed by atoms with Crippen molar-refractivity contribution in [2.75, 3.05) is 0 Å². The fourth-order valence-electron chi connectivity index (χ4n) is 0.696.